The SMILES string of the molecule is Brc1cccnc1-c1nc([C@@H]2CCCN2)cs1. The molecule has 17 heavy (non-hydrogen) atoms. The molecule has 0 spiro atoms. The van der Waals surface area contributed by atoms with E-state index in [2.05, 4.69) is 36.6 Å². The van der Waals surface area contributed by atoms with Crippen molar-refractivity contribution in [2.24, 2.45) is 0 Å². The van der Waals surface area contributed by atoms with Crippen LogP contribution >= 0.6 is 27.3 Å². The van der Waals surface area contributed by atoms with Gasteiger partial charge in [-0.1, -0.05) is 0 Å². The maximum Gasteiger partial charge on any atom is 0.143 e. The lowest BCUT2D eigenvalue weighted by molar-refractivity contribution is 0.632. The number of pyridine rings is 1. The summed E-state index contributed by atoms with van der Waals surface area (Å²) in [6, 6.07) is 4.35. The van der Waals surface area contributed by atoms with E-state index >= 15 is 0 Å². The zero-order valence-electron chi connectivity index (χ0n) is 9.19. The lowest BCUT2D eigenvalue weighted by Gasteiger charge is -2.05. The van der Waals surface area contributed by atoms with Crippen molar-refractivity contribution in [1.29, 1.82) is 0 Å². The van der Waals surface area contributed by atoms with E-state index in [0.29, 0.717) is 6.04 Å². The molecule has 0 radical (unpaired) electrons. The molecule has 1 saturated heterocycles. The highest BCUT2D eigenvalue weighted by Crippen LogP contribution is 2.31. The molecule has 1 N–H and O–H groups in total. The van der Waals surface area contributed by atoms with Gasteiger partial charge in [0.1, 0.15) is 10.7 Å². The molecule has 1 fully saturated rings. The Morgan fingerprint density at radius 2 is 2.41 bits per heavy atom. The van der Waals surface area contributed by atoms with Crippen molar-refractivity contribution in [2.45, 2.75) is 18.9 Å². The van der Waals surface area contributed by atoms with Crippen LogP contribution < -0.4 is 5.32 Å². The van der Waals surface area contributed by atoms with Gasteiger partial charge in [-0.05, 0) is 47.4 Å². The molecular weight excluding hydrogens is 298 g/mol. The van der Waals surface area contributed by atoms with Gasteiger partial charge < -0.3 is 5.32 Å². The maximum absolute atomic E-state index is 4.69. The Labute approximate surface area is 112 Å². The fourth-order valence-corrected chi connectivity index (χ4v) is 3.49. The molecule has 0 amide bonds. The molecule has 3 heterocycles. The average molecular weight is 310 g/mol. The molecule has 3 nitrogen and oxygen atoms in total. The highest BCUT2D eigenvalue weighted by molar-refractivity contribution is 9.10. The van der Waals surface area contributed by atoms with Gasteiger partial charge in [0, 0.05) is 16.0 Å². The Balaban J connectivity index is 1.92. The van der Waals surface area contributed by atoms with Crippen LogP contribution in [0.25, 0.3) is 10.7 Å². The van der Waals surface area contributed by atoms with E-state index in [0.717, 1.165) is 27.4 Å². The monoisotopic (exact) mass is 309 g/mol. The molecule has 1 atom stereocenters. The minimum Gasteiger partial charge on any atom is -0.309 e. The van der Waals surface area contributed by atoms with Gasteiger partial charge in [-0.2, -0.15) is 0 Å². The second-order valence-electron chi connectivity index (χ2n) is 4.06. The number of nitrogens with one attached hydrogen (secondary N) is 1. The molecule has 0 aliphatic carbocycles. The molecule has 0 aromatic carbocycles. The standard InChI is InChI=1S/C12H12BrN3S/c13-8-3-1-6-15-11(8)12-16-10(7-17-12)9-4-2-5-14-9/h1,3,6-7,9,14H,2,4-5H2/t9-/m0/s1. The molecule has 1 aliphatic heterocycles. The Hall–Kier alpha value is -0.780. The summed E-state index contributed by atoms with van der Waals surface area (Å²) in [6.07, 6.45) is 4.23. The van der Waals surface area contributed by atoms with Crippen LogP contribution in [0, 0.1) is 0 Å². The molecule has 1 aliphatic rings. The van der Waals surface area contributed by atoms with E-state index < -0.39 is 0 Å². The van der Waals surface area contributed by atoms with Crippen molar-refractivity contribution in [3.63, 3.8) is 0 Å². The zero-order valence-corrected chi connectivity index (χ0v) is 11.6. The predicted molar refractivity (Wildman–Crippen MR) is 73.0 cm³/mol. The van der Waals surface area contributed by atoms with Gasteiger partial charge in [-0.3, -0.25) is 4.98 Å². The summed E-state index contributed by atoms with van der Waals surface area (Å²) in [5, 5.41) is 6.59. The molecule has 2 aromatic rings. The summed E-state index contributed by atoms with van der Waals surface area (Å²) in [4.78, 5) is 9.06. The van der Waals surface area contributed by atoms with Gasteiger partial charge in [0.05, 0.1) is 11.7 Å². The van der Waals surface area contributed by atoms with E-state index in [1.807, 2.05) is 12.1 Å². The molecule has 3 rings (SSSR count). The van der Waals surface area contributed by atoms with Gasteiger partial charge in [0.15, 0.2) is 0 Å². The number of hydrogen-bond donors (Lipinski definition) is 1. The van der Waals surface area contributed by atoms with Gasteiger partial charge in [-0.25, -0.2) is 4.98 Å². The number of thiazole rings is 1. The van der Waals surface area contributed by atoms with Crippen LogP contribution in [0.3, 0.4) is 0 Å². The molecular formula is C12H12BrN3S. The number of halogens is 1. The van der Waals surface area contributed by atoms with E-state index in [1.165, 1.54) is 12.8 Å². The molecule has 0 saturated carbocycles. The molecule has 88 valence electrons. The van der Waals surface area contributed by atoms with Gasteiger partial charge in [0.25, 0.3) is 0 Å². The van der Waals surface area contributed by atoms with Crippen molar-refractivity contribution >= 4 is 27.3 Å². The fourth-order valence-electron chi connectivity index (χ4n) is 2.04. The zero-order chi connectivity index (χ0) is 11.7. The molecule has 0 bridgehead atoms. The van der Waals surface area contributed by atoms with Crippen molar-refractivity contribution in [3.8, 4) is 10.7 Å². The molecule has 5 heteroatoms. The third-order valence-electron chi connectivity index (χ3n) is 2.90. The summed E-state index contributed by atoms with van der Waals surface area (Å²) in [6.45, 7) is 1.10. The summed E-state index contributed by atoms with van der Waals surface area (Å²) in [5.41, 5.74) is 2.09. The Morgan fingerprint density at radius 1 is 1.47 bits per heavy atom. The Morgan fingerprint density at radius 3 is 3.18 bits per heavy atom. The first-order chi connectivity index (χ1) is 8.34. The van der Waals surface area contributed by atoms with Crippen molar-refractivity contribution in [2.75, 3.05) is 6.54 Å². The summed E-state index contributed by atoms with van der Waals surface area (Å²) in [5.74, 6) is 0. The minimum atomic E-state index is 0.433. The predicted octanol–water partition coefficient (Wildman–Crippen LogP) is 3.39. The lowest BCUT2D eigenvalue weighted by Crippen LogP contribution is -2.12. The Bertz CT molecular complexity index is 520. The lowest BCUT2D eigenvalue weighted by atomic mass is 10.2. The van der Waals surface area contributed by atoms with Crippen molar-refractivity contribution in [1.82, 2.24) is 15.3 Å². The van der Waals surface area contributed by atoms with Crippen LogP contribution in [0.1, 0.15) is 24.6 Å². The third kappa shape index (κ3) is 2.27. The van der Waals surface area contributed by atoms with Gasteiger partial charge >= 0.3 is 0 Å². The van der Waals surface area contributed by atoms with E-state index in [9.17, 15) is 0 Å². The smallest absolute Gasteiger partial charge is 0.143 e. The Kier molecular flexibility index (Phi) is 3.22. The van der Waals surface area contributed by atoms with Gasteiger partial charge in [-0.15, -0.1) is 11.3 Å². The average Bonchev–Trinajstić information content (AvgIpc) is 3.00. The van der Waals surface area contributed by atoms with Crippen LogP contribution in [0.5, 0.6) is 0 Å². The first kappa shape index (κ1) is 11.3. The summed E-state index contributed by atoms with van der Waals surface area (Å²) < 4.78 is 1.00. The number of hydrogen-bond acceptors (Lipinski definition) is 4. The van der Waals surface area contributed by atoms with Crippen LogP contribution in [0.4, 0.5) is 0 Å². The molecule has 2 aromatic heterocycles. The van der Waals surface area contributed by atoms with Crippen LogP contribution in [0.15, 0.2) is 28.2 Å². The van der Waals surface area contributed by atoms with Crippen LogP contribution in [-0.4, -0.2) is 16.5 Å². The topological polar surface area (TPSA) is 37.8 Å². The van der Waals surface area contributed by atoms with Crippen LogP contribution in [0.2, 0.25) is 0 Å². The quantitative estimate of drug-likeness (QED) is 0.924. The maximum atomic E-state index is 4.69. The fraction of sp³-hybridized carbons (Fsp3) is 0.333. The normalized spacial score (nSPS) is 19.7. The number of nitrogens with zero attached hydrogens (tertiary/aromatic N) is 2. The third-order valence-corrected chi connectivity index (χ3v) is 4.41. The minimum absolute atomic E-state index is 0.433. The first-order valence-corrected chi connectivity index (χ1v) is 7.31. The molecule has 0 unspecified atom stereocenters. The number of rotatable bonds is 2. The van der Waals surface area contributed by atoms with E-state index in [4.69, 9.17) is 0 Å². The highest BCUT2D eigenvalue weighted by Gasteiger charge is 2.19. The van der Waals surface area contributed by atoms with E-state index in [-0.39, 0.29) is 0 Å². The number of aromatic nitrogens is 2. The van der Waals surface area contributed by atoms with Crippen molar-refractivity contribution < 1.29 is 0 Å². The van der Waals surface area contributed by atoms with Gasteiger partial charge in [0.2, 0.25) is 0 Å². The van der Waals surface area contributed by atoms with Crippen molar-refractivity contribution in [3.05, 3.63) is 33.9 Å². The second kappa shape index (κ2) is 4.84. The highest BCUT2D eigenvalue weighted by atomic mass is 79.9. The summed E-state index contributed by atoms with van der Waals surface area (Å²) in [7, 11) is 0. The second-order valence-corrected chi connectivity index (χ2v) is 5.77. The summed E-state index contributed by atoms with van der Waals surface area (Å²) >= 11 is 5.17. The largest absolute Gasteiger partial charge is 0.309 e. The van der Waals surface area contributed by atoms with E-state index in [1.54, 1.807) is 17.5 Å². The van der Waals surface area contributed by atoms with Crippen LogP contribution in [-0.2, 0) is 0 Å². The first-order valence-electron chi connectivity index (χ1n) is 5.64.